The fraction of sp³-hybridized carbons (Fsp3) is 0.400. The molecular weight excluding hydrogens is 619 g/mol. The van der Waals surface area contributed by atoms with E-state index in [0.29, 0.717) is 23.2 Å². The first kappa shape index (κ1) is 27.5. The lowest BCUT2D eigenvalue weighted by atomic mass is 9.56. The molecule has 2 aliphatic heterocycles. The number of carbonyl (C=O) groups is 4. The maximum absolute atomic E-state index is 14.0. The van der Waals surface area contributed by atoms with E-state index in [1.165, 1.54) is 11.0 Å². The Balaban J connectivity index is 1.50. The lowest BCUT2D eigenvalue weighted by molar-refractivity contribution is -0.138. The summed E-state index contributed by atoms with van der Waals surface area (Å²) in [4.78, 5) is 53.8. The average Bonchev–Trinajstić information content (AvgIpc) is 3.28. The first-order valence-corrected chi connectivity index (χ1v) is 15.1. The highest BCUT2D eigenvalue weighted by atomic mass is 79.9. The molecule has 1 saturated carbocycles. The Morgan fingerprint density at radius 3 is 2.33 bits per heavy atom. The molecule has 3 fully saturated rings. The van der Waals surface area contributed by atoms with Gasteiger partial charge in [0.1, 0.15) is 5.75 Å². The number of carbonyl (C=O) groups excluding carboxylic acids is 4. The topological polar surface area (TPSA) is 95.0 Å². The van der Waals surface area contributed by atoms with Gasteiger partial charge >= 0.3 is 0 Å². The van der Waals surface area contributed by atoms with Gasteiger partial charge in [0.25, 0.3) is 11.8 Å². The minimum atomic E-state index is -1.86. The quantitative estimate of drug-likeness (QED) is 0.214. The van der Waals surface area contributed by atoms with E-state index >= 15 is 0 Å². The van der Waals surface area contributed by atoms with Crippen molar-refractivity contribution in [2.45, 2.75) is 48.8 Å². The van der Waals surface area contributed by atoms with Crippen LogP contribution in [0.5, 0.6) is 5.75 Å². The van der Waals surface area contributed by atoms with Crippen molar-refractivity contribution in [3.63, 3.8) is 0 Å². The molecule has 6 unspecified atom stereocenters. The summed E-state index contributed by atoms with van der Waals surface area (Å²) >= 11 is 17.7. The van der Waals surface area contributed by atoms with Crippen molar-refractivity contribution >= 4 is 68.4 Å². The number of rotatable bonds is 4. The lowest BCUT2D eigenvalue weighted by Crippen LogP contribution is -2.60. The number of hydrogen-bond acceptors (Lipinski definition) is 5. The van der Waals surface area contributed by atoms with E-state index in [0.717, 1.165) is 22.5 Å². The third kappa shape index (κ3) is 3.48. The van der Waals surface area contributed by atoms with Crippen LogP contribution in [0, 0.1) is 24.7 Å². The van der Waals surface area contributed by atoms with E-state index in [2.05, 4.69) is 15.9 Å². The van der Waals surface area contributed by atoms with Gasteiger partial charge in [0.15, 0.2) is 9.75 Å². The summed E-state index contributed by atoms with van der Waals surface area (Å²) in [5, 5.41) is 10.2. The highest BCUT2D eigenvalue weighted by Crippen LogP contribution is 2.65. The summed E-state index contributed by atoms with van der Waals surface area (Å²) in [7, 11) is 0. The smallest absolute Gasteiger partial charge is 0.254 e. The molecule has 0 spiro atoms. The molecular formula is C30H27BrCl2N2O5. The van der Waals surface area contributed by atoms with Gasteiger partial charge in [-0.1, -0.05) is 58.8 Å². The van der Waals surface area contributed by atoms with Gasteiger partial charge in [0, 0.05) is 5.92 Å². The zero-order valence-corrected chi connectivity index (χ0v) is 25.0. The number of halogens is 3. The molecule has 0 aromatic heterocycles. The van der Waals surface area contributed by atoms with Crippen LogP contribution < -0.4 is 4.90 Å². The van der Waals surface area contributed by atoms with Crippen molar-refractivity contribution < 1.29 is 24.3 Å². The standard InChI is InChI=1S/C30H27BrCl2N2O5/c1-3-16-4-7-18(8-5-16)35-25(37)20-10-9-19-21(23(20)26(35)38)13-29(32)27(39)34(14-31)28(40)30(29,33)24(19)17-6-11-22(36)15(2)12-17/h4-9,11-12,20-21,23-24,36H,3,10,13-14H2,1-2H3. The van der Waals surface area contributed by atoms with Gasteiger partial charge in [-0.15, -0.1) is 23.2 Å². The normalized spacial score (nSPS) is 33.2. The molecule has 7 nitrogen and oxygen atoms in total. The Morgan fingerprint density at radius 2 is 1.70 bits per heavy atom. The Hall–Kier alpha value is -2.68. The van der Waals surface area contributed by atoms with Crippen LogP contribution in [0.1, 0.15) is 42.4 Å². The van der Waals surface area contributed by atoms with Crippen molar-refractivity contribution in [3.05, 3.63) is 70.8 Å². The zero-order valence-electron chi connectivity index (χ0n) is 21.9. The maximum Gasteiger partial charge on any atom is 0.254 e. The van der Waals surface area contributed by atoms with Crippen molar-refractivity contribution in [2.24, 2.45) is 17.8 Å². The number of alkyl halides is 3. The largest absolute Gasteiger partial charge is 0.508 e. The predicted molar refractivity (Wildman–Crippen MR) is 154 cm³/mol. The van der Waals surface area contributed by atoms with Crippen molar-refractivity contribution in [1.29, 1.82) is 0 Å². The van der Waals surface area contributed by atoms with Gasteiger partial charge in [-0.2, -0.15) is 0 Å². The number of aryl methyl sites for hydroxylation is 2. The fourth-order valence-electron chi connectivity index (χ4n) is 7.12. The summed E-state index contributed by atoms with van der Waals surface area (Å²) in [6.07, 6.45) is 2.97. The molecule has 2 aromatic carbocycles. The first-order chi connectivity index (χ1) is 19.0. The third-order valence-electron chi connectivity index (χ3n) is 9.17. The Morgan fingerprint density at radius 1 is 1.00 bits per heavy atom. The predicted octanol–water partition coefficient (Wildman–Crippen LogP) is 5.18. The SMILES string of the molecule is CCc1ccc(N2C(=O)C3CC=C4C(CC5(Cl)C(=O)N(CBr)C(=O)C5(Cl)C4c4ccc(O)c(C)c4)C3C2=O)cc1. The summed E-state index contributed by atoms with van der Waals surface area (Å²) < 4.78 is 0. The number of aromatic hydroxyl groups is 1. The van der Waals surface area contributed by atoms with Crippen molar-refractivity contribution in [3.8, 4) is 5.75 Å². The number of amides is 4. The molecule has 2 heterocycles. The Kier molecular flexibility index (Phi) is 6.48. The number of allylic oxidation sites excluding steroid dienone is 2. The number of imide groups is 2. The number of nitrogens with zero attached hydrogens (tertiary/aromatic N) is 2. The molecule has 2 aromatic rings. The van der Waals surface area contributed by atoms with E-state index in [9.17, 15) is 24.3 Å². The van der Waals surface area contributed by atoms with Crippen LogP contribution in [0.2, 0.25) is 0 Å². The highest BCUT2D eigenvalue weighted by molar-refractivity contribution is 9.09. The van der Waals surface area contributed by atoms with E-state index in [1.807, 2.05) is 25.1 Å². The van der Waals surface area contributed by atoms with Gasteiger partial charge in [-0.05, 0) is 67.0 Å². The van der Waals surface area contributed by atoms with Crippen molar-refractivity contribution in [1.82, 2.24) is 4.90 Å². The monoisotopic (exact) mass is 644 g/mol. The third-order valence-corrected chi connectivity index (χ3v) is 11.1. The van der Waals surface area contributed by atoms with Crippen LogP contribution in [-0.4, -0.2) is 48.8 Å². The Labute approximate surface area is 250 Å². The van der Waals surface area contributed by atoms with Crippen LogP contribution in [0.4, 0.5) is 5.69 Å². The first-order valence-electron chi connectivity index (χ1n) is 13.3. The number of phenols is 1. The van der Waals surface area contributed by atoms with Crippen LogP contribution in [-0.2, 0) is 25.6 Å². The molecule has 2 aliphatic carbocycles. The molecule has 6 rings (SSSR count). The second-order valence-electron chi connectivity index (χ2n) is 11.1. The summed E-state index contributed by atoms with van der Waals surface area (Å²) in [5.41, 5.74) is 3.41. The van der Waals surface area contributed by atoms with Gasteiger partial charge < -0.3 is 5.11 Å². The number of anilines is 1. The van der Waals surface area contributed by atoms with E-state index < -0.39 is 45.2 Å². The number of likely N-dealkylation sites (tertiary alicyclic amines) is 1. The summed E-state index contributed by atoms with van der Waals surface area (Å²) in [5.74, 6) is -4.61. The number of benzene rings is 2. The number of hydrogen-bond donors (Lipinski definition) is 1. The number of phenolic OH excluding ortho intramolecular Hbond substituents is 1. The van der Waals surface area contributed by atoms with Gasteiger partial charge in [-0.25, -0.2) is 0 Å². The molecule has 40 heavy (non-hydrogen) atoms. The maximum atomic E-state index is 14.0. The van der Waals surface area contributed by atoms with Gasteiger partial charge in [0.05, 0.1) is 23.0 Å². The van der Waals surface area contributed by atoms with Crippen LogP contribution in [0.25, 0.3) is 0 Å². The van der Waals surface area contributed by atoms with Crippen molar-refractivity contribution in [2.75, 3.05) is 10.4 Å². The summed E-state index contributed by atoms with van der Waals surface area (Å²) in [6, 6.07) is 12.3. The second-order valence-corrected chi connectivity index (χ2v) is 12.8. The van der Waals surface area contributed by atoms with Gasteiger partial charge in [-0.3, -0.25) is 29.0 Å². The summed E-state index contributed by atoms with van der Waals surface area (Å²) in [6.45, 7) is 3.76. The molecule has 0 radical (unpaired) electrons. The lowest BCUT2D eigenvalue weighted by Gasteiger charge is -2.50. The zero-order chi connectivity index (χ0) is 28.7. The highest BCUT2D eigenvalue weighted by Gasteiger charge is 2.76. The molecule has 4 amide bonds. The molecule has 0 bridgehead atoms. The van der Waals surface area contributed by atoms with Crippen LogP contribution >= 0.6 is 39.1 Å². The van der Waals surface area contributed by atoms with E-state index in [1.54, 1.807) is 31.2 Å². The van der Waals surface area contributed by atoms with E-state index in [4.69, 9.17) is 23.2 Å². The molecule has 4 aliphatic rings. The molecule has 208 valence electrons. The van der Waals surface area contributed by atoms with E-state index in [-0.39, 0.29) is 29.4 Å². The molecule has 1 N–H and O–H groups in total. The minimum absolute atomic E-state index is 0.0612. The second kappa shape index (κ2) is 9.43. The molecule has 2 saturated heterocycles. The molecule has 6 atom stereocenters. The van der Waals surface area contributed by atoms with Crippen LogP contribution in [0.15, 0.2) is 54.1 Å². The van der Waals surface area contributed by atoms with Gasteiger partial charge in [0.2, 0.25) is 11.8 Å². The average molecular weight is 646 g/mol. The Bertz CT molecular complexity index is 1510. The minimum Gasteiger partial charge on any atom is -0.508 e. The fourth-order valence-corrected chi connectivity index (χ4v) is 8.55. The van der Waals surface area contributed by atoms with Crippen LogP contribution in [0.3, 0.4) is 0 Å². The number of fused-ring (bicyclic) bond motifs is 4. The molecule has 10 heteroatoms.